The Balaban J connectivity index is 3.51. The second kappa shape index (κ2) is 4.95. The van der Waals surface area contributed by atoms with Gasteiger partial charge in [0.25, 0.3) is 0 Å². The molecule has 0 radical (unpaired) electrons. The zero-order valence-electron chi connectivity index (χ0n) is 8.47. The van der Waals surface area contributed by atoms with E-state index in [-0.39, 0.29) is 11.3 Å². The number of hydrogen-bond donors (Lipinski definition) is 0. The van der Waals surface area contributed by atoms with Crippen LogP contribution in [0.2, 0.25) is 0 Å². The van der Waals surface area contributed by atoms with E-state index in [4.69, 9.17) is 0 Å². The van der Waals surface area contributed by atoms with E-state index >= 15 is 0 Å². The van der Waals surface area contributed by atoms with Crippen LogP contribution in [0.15, 0.2) is 17.1 Å². The maximum atomic E-state index is 13.2. The van der Waals surface area contributed by atoms with E-state index in [1.54, 1.807) is 0 Å². The highest BCUT2D eigenvalue weighted by molar-refractivity contribution is 5.95. The quantitative estimate of drug-likeness (QED) is 0.262. The minimum absolute atomic E-state index is 0.375. The Morgan fingerprint density at radius 1 is 1.59 bits per heavy atom. The van der Waals surface area contributed by atoms with Gasteiger partial charge in [-0.2, -0.15) is 9.38 Å². The number of nitrogens with zero attached hydrogens (tertiary/aromatic N) is 2. The van der Waals surface area contributed by atoms with Crippen LogP contribution in [0.4, 0.5) is 15.8 Å². The Hall–Kier alpha value is -2.60. The molecule has 0 aromatic heterocycles. The largest absolute Gasteiger partial charge is 0.465 e. The minimum atomic E-state index is -1.22. The van der Waals surface area contributed by atoms with Gasteiger partial charge < -0.3 is 4.74 Å². The van der Waals surface area contributed by atoms with Crippen LogP contribution in [0.5, 0.6) is 0 Å². The number of rotatable bonds is 3. The molecule has 0 heterocycles. The van der Waals surface area contributed by atoms with Crippen LogP contribution in [0.1, 0.15) is 10.4 Å². The molecule has 8 heteroatoms. The molecule has 0 spiro atoms. The summed E-state index contributed by atoms with van der Waals surface area (Å²) in [4.78, 5) is 33.8. The van der Waals surface area contributed by atoms with Gasteiger partial charge in [-0.1, -0.05) is 0 Å². The highest BCUT2D eigenvalue weighted by Crippen LogP contribution is 2.28. The molecule has 0 bridgehead atoms. The molecule has 0 unspecified atom stereocenters. The van der Waals surface area contributed by atoms with Gasteiger partial charge in [-0.25, -0.2) is 9.59 Å². The summed E-state index contributed by atoms with van der Waals surface area (Å²) in [5.41, 5.74) is -1.66. The highest BCUT2D eigenvalue weighted by atomic mass is 19.1. The number of aliphatic imine (C=N–C) groups is 1. The van der Waals surface area contributed by atoms with Crippen molar-refractivity contribution < 1.29 is 23.6 Å². The molecule has 0 saturated heterocycles. The number of methoxy groups -OCH3 is 1. The van der Waals surface area contributed by atoms with Crippen molar-refractivity contribution in [1.82, 2.24) is 0 Å². The molecule has 1 aromatic rings. The molecule has 0 atom stereocenters. The average molecular weight is 240 g/mol. The maximum absolute atomic E-state index is 13.2. The third kappa shape index (κ3) is 2.50. The van der Waals surface area contributed by atoms with Gasteiger partial charge in [0.2, 0.25) is 11.9 Å². The predicted molar refractivity (Wildman–Crippen MR) is 52.2 cm³/mol. The Morgan fingerprint density at radius 2 is 2.24 bits per heavy atom. The van der Waals surface area contributed by atoms with Crippen LogP contribution < -0.4 is 0 Å². The summed E-state index contributed by atoms with van der Waals surface area (Å²) in [5.74, 6) is -2.19. The molecule has 0 fully saturated rings. The lowest BCUT2D eigenvalue weighted by molar-refractivity contribution is -0.387. The topological polar surface area (TPSA) is 98.9 Å². The molecule has 0 saturated carbocycles. The maximum Gasteiger partial charge on any atom is 0.340 e. The predicted octanol–water partition coefficient (Wildman–Crippen LogP) is 1.49. The Labute approximate surface area is 93.7 Å². The van der Waals surface area contributed by atoms with Gasteiger partial charge in [0.1, 0.15) is 0 Å². The van der Waals surface area contributed by atoms with Crippen molar-refractivity contribution in [2.24, 2.45) is 4.99 Å². The molecule has 1 aromatic carbocycles. The Kier molecular flexibility index (Phi) is 3.63. The molecule has 7 nitrogen and oxygen atoms in total. The molecule has 17 heavy (non-hydrogen) atoms. The molecular formula is C9H5FN2O5. The van der Waals surface area contributed by atoms with Crippen LogP contribution in [0.25, 0.3) is 0 Å². The number of nitro benzene ring substituents is 1. The number of benzene rings is 1. The summed E-state index contributed by atoms with van der Waals surface area (Å²) in [6.45, 7) is 0. The molecule has 0 N–H and O–H groups in total. The standard InChI is InChI=1S/C9H5FN2O5/c1-17-9(14)5-2-6(10)8(12(15)16)3-7(5)11-4-13/h2-3H,1H3. The summed E-state index contributed by atoms with van der Waals surface area (Å²) in [5, 5.41) is 10.4. The first-order valence-electron chi connectivity index (χ1n) is 4.15. The van der Waals surface area contributed by atoms with E-state index < -0.39 is 22.4 Å². The van der Waals surface area contributed by atoms with Gasteiger partial charge in [-0.3, -0.25) is 10.1 Å². The normalized spacial score (nSPS) is 9.29. The Morgan fingerprint density at radius 3 is 2.71 bits per heavy atom. The fraction of sp³-hybridized carbons (Fsp3) is 0.111. The first-order chi connectivity index (χ1) is 8.01. The number of esters is 1. The second-order valence-corrected chi connectivity index (χ2v) is 2.77. The summed E-state index contributed by atoms with van der Waals surface area (Å²) < 4.78 is 17.5. The fourth-order valence-electron chi connectivity index (χ4n) is 1.11. The number of isocyanates is 1. The van der Waals surface area contributed by atoms with E-state index in [1.165, 1.54) is 0 Å². The summed E-state index contributed by atoms with van der Waals surface area (Å²) in [7, 11) is 1.04. The number of carbonyl (C=O) groups is 1. The number of ether oxygens (including phenoxy) is 1. The van der Waals surface area contributed by atoms with E-state index in [0.29, 0.717) is 12.1 Å². The molecule has 88 valence electrons. The average Bonchev–Trinajstić information content (AvgIpc) is 2.29. The van der Waals surface area contributed by atoms with E-state index in [1.807, 2.05) is 0 Å². The second-order valence-electron chi connectivity index (χ2n) is 2.77. The third-order valence-electron chi connectivity index (χ3n) is 1.83. The minimum Gasteiger partial charge on any atom is -0.465 e. The van der Waals surface area contributed by atoms with E-state index in [0.717, 1.165) is 13.2 Å². The number of nitro groups is 1. The van der Waals surface area contributed by atoms with Gasteiger partial charge in [0, 0.05) is 6.07 Å². The third-order valence-corrected chi connectivity index (χ3v) is 1.83. The molecule has 0 aliphatic carbocycles. The molecular weight excluding hydrogens is 235 g/mol. The lowest BCUT2D eigenvalue weighted by atomic mass is 10.1. The smallest absolute Gasteiger partial charge is 0.340 e. The van der Waals surface area contributed by atoms with Gasteiger partial charge >= 0.3 is 11.7 Å². The zero-order chi connectivity index (χ0) is 13.0. The van der Waals surface area contributed by atoms with Gasteiger partial charge in [0.15, 0.2) is 0 Å². The van der Waals surface area contributed by atoms with Crippen molar-refractivity contribution in [3.8, 4) is 0 Å². The molecule has 0 aliphatic rings. The zero-order valence-corrected chi connectivity index (χ0v) is 8.47. The van der Waals surface area contributed by atoms with Crippen molar-refractivity contribution in [2.45, 2.75) is 0 Å². The monoisotopic (exact) mass is 240 g/mol. The van der Waals surface area contributed by atoms with E-state index in [2.05, 4.69) is 9.73 Å². The first-order valence-corrected chi connectivity index (χ1v) is 4.15. The lowest BCUT2D eigenvalue weighted by Crippen LogP contribution is -2.04. The first kappa shape index (κ1) is 12.5. The van der Waals surface area contributed by atoms with Crippen LogP contribution in [-0.2, 0) is 9.53 Å². The van der Waals surface area contributed by atoms with Crippen LogP contribution in [-0.4, -0.2) is 24.1 Å². The molecule has 0 amide bonds. The van der Waals surface area contributed by atoms with Gasteiger partial charge in [-0.05, 0) is 6.07 Å². The number of hydrogen-bond acceptors (Lipinski definition) is 6. The van der Waals surface area contributed by atoms with Crippen molar-refractivity contribution in [1.29, 1.82) is 0 Å². The van der Waals surface area contributed by atoms with Crippen LogP contribution in [0, 0.1) is 15.9 Å². The SMILES string of the molecule is COC(=O)c1cc(F)c([N+](=O)[O-])cc1N=C=O. The van der Waals surface area contributed by atoms with Crippen LogP contribution in [0.3, 0.4) is 0 Å². The van der Waals surface area contributed by atoms with Crippen molar-refractivity contribution >= 4 is 23.4 Å². The Bertz CT molecular complexity index is 536. The molecule has 1 rings (SSSR count). The fourth-order valence-corrected chi connectivity index (χ4v) is 1.11. The van der Waals surface area contributed by atoms with E-state index in [9.17, 15) is 24.1 Å². The van der Waals surface area contributed by atoms with Crippen molar-refractivity contribution in [3.63, 3.8) is 0 Å². The summed E-state index contributed by atoms with van der Waals surface area (Å²) in [6.07, 6.45) is 1.11. The summed E-state index contributed by atoms with van der Waals surface area (Å²) in [6, 6.07) is 1.24. The van der Waals surface area contributed by atoms with Crippen molar-refractivity contribution in [3.05, 3.63) is 33.6 Å². The number of carbonyl (C=O) groups excluding carboxylic acids is 2. The summed E-state index contributed by atoms with van der Waals surface area (Å²) >= 11 is 0. The van der Waals surface area contributed by atoms with Crippen LogP contribution >= 0.6 is 0 Å². The lowest BCUT2D eigenvalue weighted by Gasteiger charge is -2.03. The highest BCUT2D eigenvalue weighted by Gasteiger charge is 2.22. The van der Waals surface area contributed by atoms with Gasteiger partial charge in [-0.15, -0.1) is 0 Å². The molecule has 0 aliphatic heterocycles. The van der Waals surface area contributed by atoms with Crippen molar-refractivity contribution in [2.75, 3.05) is 7.11 Å². The van der Waals surface area contributed by atoms with Gasteiger partial charge in [0.05, 0.1) is 23.3 Å². The number of halogens is 1.